The third-order valence-electron chi connectivity index (χ3n) is 2.74. The first-order valence-electron chi connectivity index (χ1n) is 6.10. The van der Waals surface area contributed by atoms with Crippen molar-refractivity contribution in [2.24, 2.45) is 11.7 Å². The summed E-state index contributed by atoms with van der Waals surface area (Å²) in [5.41, 5.74) is 8.32. The van der Waals surface area contributed by atoms with E-state index in [1.165, 1.54) is 5.56 Å². The van der Waals surface area contributed by atoms with Crippen LogP contribution in [0.3, 0.4) is 0 Å². The Morgan fingerprint density at radius 1 is 1.29 bits per heavy atom. The van der Waals surface area contributed by atoms with Crippen molar-refractivity contribution < 1.29 is 4.74 Å². The second-order valence-electron chi connectivity index (χ2n) is 5.00. The molecule has 0 aromatic heterocycles. The lowest BCUT2D eigenvalue weighted by Gasteiger charge is -2.15. The van der Waals surface area contributed by atoms with Gasteiger partial charge in [0.05, 0.1) is 0 Å². The van der Waals surface area contributed by atoms with Crippen molar-refractivity contribution in [2.45, 2.75) is 33.2 Å². The summed E-state index contributed by atoms with van der Waals surface area (Å²) in [6, 6.07) is 8.36. The minimum atomic E-state index is 0.220. The van der Waals surface area contributed by atoms with Crippen LogP contribution < -0.4 is 10.5 Å². The SMILES string of the molecule is C=C(C)COc1ccc(CC(N)C(C)C)cc1. The molecule has 0 aliphatic carbocycles. The van der Waals surface area contributed by atoms with Gasteiger partial charge in [0.15, 0.2) is 0 Å². The van der Waals surface area contributed by atoms with Crippen LogP contribution in [0.25, 0.3) is 0 Å². The van der Waals surface area contributed by atoms with Crippen LogP contribution in [-0.4, -0.2) is 12.6 Å². The number of hydrogen-bond donors (Lipinski definition) is 1. The molecule has 1 aromatic carbocycles. The van der Waals surface area contributed by atoms with Crippen LogP contribution in [0.4, 0.5) is 0 Å². The Hall–Kier alpha value is -1.28. The molecular formula is C15H23NO. The van der Waals surface area contributed by atoms with Crippen LogP contribution in [0.5, 0.6) is 5.75 Å². The Kier molecular flexibility index (Phi) is 5.23. The van der Waals surface area contributed by atoms with E-state index in [9.17, 15) is 0 Å². The molecule has 94 valence electrons. The summed E-state index contributed by atoms with van der Waals surface area (Å²) in [6.07, 6.45) is 0.915. The molecule has 0 bridgehead atoms. The maximum atomic E-state index is 6.04. The van der Waals surface area contributed by atoms with E-state index in [1.807, 2.05) is 19.1 Å². The van der Waals surface area contributed by atoms with Gasteiger partial charge in [0, 0.05) is 6.04 Å². The molecule has 0 aliphatic rings. The molecule has 0 aliphatic heterocycles. The quantitative estimate of drug-likeness (QED) is 0.766. The zero-order chi connectivity index (χ0) is 12.8. The predicted octanol–water partition coefficient (Wildman–Crippen LogP) is 3.17. The van der Waals surface area contributed by atoms with Crippen LogP contribution in [0.15, 0.2) is 36.4 Å². The summed E-state index contributed by atoms with van der Waals surface area (Å²) in [7, 11) is 0. The Labute approximate surface area is 104 Å². The van der Waals surface area contributed by atoms with Crippen molar-refractivity contribution in [3.63, 3.8) is 0 Å². The molecule has 2 N–H and O–H groups in total. The summed E-state index contributed by atoms with van der Waals surface area (Å²) >= 11 is 0. The van der Waals surface area contributed by atoms with E-state index < -0.39 is 0 Å². The topological polar surface area (TPSA) is 35.2 Å². The normalized spacial score (nSPS) is 12.5. The van der Waals surface area contributed by atoms with Crippen LogP contribution in [0.2, 0.25) is 0 Å². The standard InChI is InChI=1S/C15H23NO/c1-11(2)10-17-14-7-5-13(6-8-14)9-15(16)12(3)4/h5-8,12,15H,1,9-10,16H2,2-4H3. The minimum absolute atomic E-state index is 0.220. The predicted molar refractivity (Wildman–Crippen MR) is 73.3 cm³/mol. The minimum Gasteiger partial charge on any atom is -0.489 e. The van der Waals surface area contributed by atoms with E-state index in [1.54, 1.807) is 0 Å². The summed E-state index contributed by atoms with van der Waals surface area (Å²) in [6.45, 7) is 10.6. The molecule has 0 fully saturated rings. The highest BCUT2D eigenvalue weighted by Crippen LogP contribution is 2.15. The molecular weight excluding hydrogens is 210 g/mol. The summed E-state index contributed by atoms with van der Waals surface area (Å²) in [4.78, 5) is 0. The van der Waals surface area contributed by atoms with Gasteiger partial charge in [-0.2, -0.15) is 0 Å². The molecule has 1 atom stereocenters. The average molecular weight is 233 g/mol. The van der Waals surface area contributed by atoms with Crippen molar-refractivity contribution >= 4 is 0 Å². The maximum Gasteiger partial charge on any atom is 0.119 e. The molecule has 1 rings (SSSR count). The van der Waals surface area contributed by atoms with Crippen molar-refractivity contribution in [1.29, 1.82) is 0 Å². The maximum absolute atomic E-state index is 6.04. The molecule has 0 radical (unpaired) electrons. The Bertz CT molecular complexity index is 354. The van der Waals surface area contributed by atoms with Gasteiger partial charge in [-0.05, 0) is 42.5 Å². The van der Waals surface area contributed by atoms with Gasteiger partial charge in [0.1, 0.15) is 12.4 Å². The van der Waals surface area contributed by atoms with Crippen LogP contribution >= 0.6 is 0 Å². The molecule has 0 heterocycles. The van der Waals surface area contributed by atoms with E-state index in [-0.39, 0.29) is 6.04 Å². The fourth-order valence-corrected chi connectivity index (χ4v) is 1.44. The number of ether oxygens (including phenoxy) is 1. The molecule has 0 saturated heterocycles. The largest absolute Gasteiger partial charge is 0.489 e. The van der Waals surface area contributed by atoms with E-state index >= 15 is 0 Å². The van der Waals surface area contributed by atoms with Gasteiger partial charge in [0.2, 0.25) is 0 Å². The highest BCUT2D eigenvalue weighted by atomic mass is 16.5. The monoisotopic (exact) mass is 233 g/mol. The number of hydrogen-bond acceptors (Lipinski definition) is 2. The average Bonchev–Trinajstić information content (AvgIpc) is 2.28. The lowest BCUT2D eigenvalue weighted by Crippen LogP contribution is -2.28. The summed E-state index contributed by atoms with van der Waals surface area (Å²) in [5.74, 6) is 1.39. The highest BCUT2D eigenvalue weighted by molar-refractivity contribution is 5.28. The highest BCUT2D eigenvalue weighted by Gasteiger charge is 2.08. The van der Waals surface area contributed by atoms with Gasteiger partial charge in [-0.3, -0.25) is 0 Å². The van der Waals surface area contributed by atoms with Gasteiger partial charge in [-0.1, -0.05) is 32.6 Å². The van der Waals surface area contributed by atoms with Crippen molar-refractivity contribution in [3.05, 3.63) is 42.0 Å². The van der Waals surface area contributed by atoms with E-state index in [0.717, 1.165) is 17.7 Å². The fourth-order valence-electron chi connectivity index (χ4n) is 1.44. The summed E-state index contributed by atoms with van der Waals surface area (Å²) in [5, 5.41) is 0. The Morgan fingerprint density at radius 2 is 1.88 bits per heavy atom. The molecule has 0 spiro atoms. The van der Waals surface area contributed by atoms with Gasteiger partial charge in [-0.15, -0.1) is 0 Å². The number of rotatable bonds is 6. The van der Waals surface area contributed by atoms with Gasteiger partial charge in [0.25, 0.3) is 0 Å². The third kappa shape index (κ3) is 5.05. The second-order valence-corrected chi connectivity index (χ2v) is 5.00. The fraction of sp³-hybridized carbons (Fsp3) is 0.467. The van der Waals surface area contributed by atoms with E-state index in [2.05, 4.69) is 32.6 Å². The zero-order valence-corrected chi connectivity index (χ0v) is 11.1. The summed E-state index contributed by atoms with van der Waals surface area (Å²) < 4.78 is 5.54. The van der Waals surface area contributed by atoms with Crippen molar-refractivity contribution in [2.75, 3.05) is 6.61 Å². The lowest BCUT2D eigenvalue weighted by molar-refractivity contribution is 0.352. The second kappa shape index (κ2) is 6.45. The Morgan fingerprint density at radius 3 is 2.35 bits per heavy atom. The smallest absolute Gasteiger partial charge is 0.119 e. The molecule has 2 heteroatoms. The zero-order valence-electron chi connectivity index (χ0n) is 11.1. The third-order valence-corrected chi connectivity index (χ3v) is 2.74. The van der Waals surface area contributed by atoms with Crippen LogP contribution in [0.1, 0.15) is 26.3 Å². The lowest BCUT2D eigenvalue weighted by atomic mass is 9.97. The molecule has 1 unspecified atom stereocenters. The Balaban J connectivity index is 2.53. The van der Waals surface area contributed by atoms with E-state index in [4.69, 9.17) is 10.5 Å². The first kappa shape index (κ1) is 13.8. The van der Waals surface area contributed by atoms with Gasteiger partial charge in [-0.25, -0.2) is 0 Å². The van der Waals surface area contributed by atoms with Crippen LogP contribution in [0, 0.1) is 5.92 Å². The van der Waals surface area contributed by atoms with Crippen molar-refractivity contribution in [1.82, 2.24) is 0 Å². The first-order chi connectivity index (χ1) is 7.99. The molecule has 2 nitrogen and oxygen atoms in total. The molecule has 0 amide bonds. The number of benzene rings is 1. The van der Waals surface area contributed by atoms with Gasteiger partial charge >= 0.3 is 0 Å². The van der Waals surface area contributed by atoms with Crippen LogP contribution in [-0.2, 0) is 6.42 Å². The first-order valence-corrected chi connectivity index (χ1v) is 6.10. The number of nitrogens with two attached hydrogens (primary N) is 1. The van der Waals surface area contributed by atoms with Gasteiger partial charge < -0.3 is 10.5 Å². The van der Waals surface area contributed by atoms with E-state index in [0.29, 0.717) is 12.5 Å². The molecule has 17 heavy (non-hydrogen) atoms. The molecule has 1 aromatic rings. The van der Waals surface area contributed by atoms with Crippen molar-refractivity contribution in [3.8, 4) is 5.75 Å². The molecule has 0 saturated carbocycles.